The van der Waals surface area contributed by atoms with Crippen molar-refractivity contribution in [3.63, 3.8) is 0 Å². The molecule has 3 atom stereocenters. The van der Waals surface area contributed by atoms with E-state index in [2.05, 4.69) is 14.9 Å². The Hall–Kier alpha value is -2.87. The zero-order valence-corrected chi connectivity index (χ0v) is 14.7. The predicted molar refractivity (Wildman–Crippen MR) is 90.9 cm³/mol. The Balaban J connectivity index is 2.16. The van der Waals surface area contributed by atoms with E-state index in [0.717, 1.165) is 0 Å². The van der Waals surface area contributed by atoms with Gasteiger partial charge in [-0.25, -0.2) is 4.79 Å². The Labute approximate surface area is 149 Å². The second kappa shape index (κ2) is 6.45. The number of carbonyl (C=O) groups is 2. The van der Waals surface area contributed by atoms with E-state index >= 15 is 0 Å². The summed E-state index contributed by atoms with van der Waals surface area (Å²) in [6.45, 7) is 1.54. The van der Waals surface area contributed by atoms with Crippen LogP contribution in [0.1, 0.15) is 40.0 Å². The van der Waals surface area contributed by atoms with Crippen LogP contribution in [0.15, 0.2) is 29.1 Å². The topological polar surface area (TPSA) is 121 Å². The van der Waals surface area contributed by atoms with Gasteiger partial charge in [-0.3, -0.25) is 14.7 Å². The van der Waals surface area contributed by atoms with Gasteiger partial charge in [0.05, 0.1) is 31.3 Å². The summed E-state index contributed by atoms with van der Waals surface area (Å²) in [4.78, 5) is 36.4. The molecular weight excluding hydrogens is 340 g/mol. The van der Waals surface area contributed by atoms with Gasteiger partial charge in [-0.1, -0.05) is 12.1 Å². The maximum absolute atomic E-state index is 12.5. The Morgan fingerprint density at radius 3 is 2.38 bits per heavy atom. The summed E-state index contributed by atoms with van der Waals surface area (Å²) in [5.74, 6) is -2.79. The van der Waals surface area contributed by atoms with Crippen molar-refractivity contribution in [2.45, 2.75) is 24.9 Å². The molecule has 3 rings (SSSR count). The molecule has 0 aliphatic heterocycles. The molecule has 0 bridgehead atoms. The van der Waals surface area contributed by atoms with Crippen molar-refractivity contribution < 1.29 is 24.2 Å². The van der Waals surface area contributed by atoms with Gasteiger partial charge >= 0.3 is 11.9 Å². The summed E-state index contributed by atoms with van der Waals surface area (Å²) in [7, 11) is 2.53. The molecule has 0 saturated carbocycles. The predicted octanol–water partition coefficient (Wildman–Crippen LogP) is 0.718. The van der Waals surface area contributed by atoms with E-state index in [1.165, 1.54) is 14.2 Å². The third-order valence-corrected chi connectivity index (χ3v) is 4.89. The van der Waals surface area contributed by atoms with E-state index in [-0.39, 0.29) is 12.0 Å². The monoisotopic (exact) mass is 360 g/mol. The Bertz CT molecular complexity index is 893. The van der Waals surface area contributed by atoms with Crippen molar-refractivity contribution in [3.05, 3.63) is 57.0 Å². The number of hydrogen-bond donors (Lipinski definition) is 3. The van der Waals surface area contributed by atoms with Gasteiger partial charge in [-0.2, -0.15) is 0 Å². The fourth-order valence-electron chi connectivity index (χ4n) is 3.69. The molecule has 26 heavy (non-hydrogen) atoms. The van der Waals surface area contributed by atoms with Crippen molar-refractivity contribution in [2.24, 2.45) is 5.92 Å². The summed E-state index contributed by atoms with van der Waals surface area (Å²) in [5, 5.41) is 16.2. The van der Waals surface area contributed by atoms with Gasteiger partial charge in [0, 0.05) is 23.6 Å². The van der Waals surface area contributed by atoms with Crippen molar-refractivity contribution in [2.75, 3.05) is 14.2 Å². The number of carbonyl (C=O) groups excluding carboxylic acids is 2. The van der Waals surface area contributed by atoms with Crippen LogP contribution in [0, 0.1) is 5.92 Å². The normalized spacial score (nSPS) is 24.6. The van der Waals surface area contributed by atoms with E-state index < -0.39 is 29.4 Å². The lowest BCUT2D eigenvalue weighted by Crippen LogP contribution is -2.49. The van der Waals surface area contributed by atoms with Gasteiger partial charge < -0.3 is 19.7 Å². The van der Waals surface area contributed by atoms with Crippen LogP contribution < -0.4 is 5.56 Å². The SMILES string of the molecule is COC(=O)c1ccc([C@H]2c3c([nH][nH]c3=O)C[C@](C)(O)[C@H]2C(=O)OC)cc1. The number of aromatic amines is 2. The highest BCUT2D eigenvalue weighted by atomic mass is 16.5. The first-order valence-electron chi connectivity index (χ1n) is 8.08. The van der Waals surface area contributed by atoms with Crippen molar-refractivity contribution in [1.82, 2.24) is 10.2 Å². The summed E-state index contributed by atoms with van der Waals surface area (Å²) in [6, 6.07) is 6.40. The average molecular weight is 360 g/mol. The standard InChI is InChI=1S/C18H20N2O6/c1-18(24)8-11-13(15(21)20-19-11)12(14(18)17(23)26-3)9-4-6-10(7-5-9)16(22)25-2/h4-7,12,14,24H,8H2,1-3H3,(H2,19,20,21)/t12-,14+,18-/m0/s1. The van der Waals surface area contributed by atoms with Gasteiger partial charge in [-0.05, 0) is 24.6 Å². The minimum absolute atomic E-state index is 0.109. The molecule has 0 fully saturated rings. The number of benzene rings is 1. The van der Waals surface area contributed by atoms with Crippen LogP contribution in [0.4, 0.5) is 0 Å². The average Bonchev–Trinajstić information content (AvgIpc) is 2.98. The van der Waals surface area contributed by atoms with Crippen LogP contribution in [-0.4, -0.2) is 47.1 Å². The number of H-pyrrole nitrogens is 2. The van der Waals surface area contributed by atoms with Crippen LogP contribution in [0.25, 0.3) is 0 Å². The lowest BCUT2D eigenvalue weighted by atomic mass is 9.66. The molecule has 1 aromatic carbocycles. The van der Waals surface area contributed by atoms with E-state index in [0.29, 0.717) is 22.4 Å². The fourth-order valence-corrected chi connectivity index (χ4v) is 3.69. The smallest absolute Gasteiger partial charge is 0.337 e. The molecule has 1 aliphatic rings. The largest absolute Gasteiger partial charge is 0.469 e. The molecule has 0 unspecified atom stereocenters. The molecule has 0 saturated heterocycles. The van der Waals surface area contributed by atoms with Gasteiger partial charge in [0.2, 0.25) is 0 Å². The first-order chi connectivity index (χ1) is 12.3. The van der Waals surface area contributed by atoms with Gasteiger partial charge in [0.15, 0.2) is 0 Å². The highest BCUT2D eigenvalue weighted by Gasteiger charge is 2.51. The minimum atomic E-state index is -1.42. The summed E-state index contributed by atoms with van der Waals surface area (Å²) in [5.41, 5.74) is 0.110. The number of nitrogens with one attached hydrogen (secondary N) is 2. The van der Waals surface area contributed by atoms with Crippen LogP contribution in [0.2, 0.25) is 0 Å². The maximum atomic E-state index is 12.5. The molecular formula is C18H20N2O6. The Morgan fingerprint density at radius 1 is 1.15 bits per heavy atom. The number of esters is 2. The van der Waals surface area contributed by atoms with Gasteiger partial charge in [-0.15, -0.1) is 0 Å². The second-order valence-electron chi connectivity index (χ2n) is 6.60. The minimum Gasteiger partial charge on any atom is -0.469 e. The fraction of sp³-hybridized carbons (Fsp3) is 0.389. The van der Waals surface area contributed by atoms with Crippen molar-refractivity contribution in [1.29, 1.82) is 0 Å². The Morgan fingerprint density at radius 2 is 1.81 bits per heavy atom. The molecule has 0 amide bonds. The third kappa shape index (κ3) is 2.82. The zero-order valence-electron chi connectivity index (χ0n) is 14.7. The number of aliphatic hydroxyl groups is 1. The summed E-state index contributed by atoms with van der Waals surface area (Å²) >= 11 is 0. The lowest BCUT2D eigenvalue weighted by molar-refractivity contribution is -0.156. The quantitative estimate of drug-likeness (QED) is 0.694. The molecule has 1 aliphatic carbocycles. The number of hydrogen-bond acceptors (Lipinski definition) is 6. The third-order valence-electron chi connectivity index (χ3n) is 4.89. The number of aromatic nitrogens is 2. The molecule has 1 aromatic heterocycles. The molecule has 138 valence electrons. The summed E-state index contributed by atoms with van der Waals surface area (Å²) in [6.07, 6.45) is 0.109. The zero-order chi connectivity index (χ0) is 19.1. The number of methoxy groups -OCH3 is 2. The van der Waals surface area contributed by atoms with E-state index in [9.17, 15) is 19.5 Å². The molecule has 1 heterocycles. The van der Waals surface area contributed by atoms with E-state index in [4.69, 9.17) is 4.74 Å². The lowest BCUT2D eigenvalue weighted by Gasteiger charge is -2.40. The highest BCUT2D eigenvalue weighted by molar-refractivity contribution is 5.89. The summed E-state index contributed by atoms with van der Waals surface area (Å²) < 4.78 is 9.57. The first-order valence-corrected chi connectivity index (χ1v) is 8.08. The van der Waals surface area contributed by atoms with Crippen LogP contribution in [0.3, 0.4) is 0 Å². The number of rotatable bonds is 3. The first kappa shape index (κ1) is 17.9. The molecule has 3 N–H and O–H groups in total. The van der Waals surface area contributed by atoms with Gasteiger partial charge in [0.1, 0.15) is 0 Å². The van der Waals surface area contributed by atoms with Crippen LogP contribution in [-0.2, 0) is 20.7 Å². The maximum Gasteiger partial charge on any atom is 0.337 e. The van der Waals surface area contributed by atoms with Crippen LogP contribution in [0.5, 0.6) is 0 Å². The molecule has 8 heteroatoms. The van der Waals surface area contributed by atoms with E-state index in [1.807, 2.05) is 0 Å². The van der Waals surface area contributed by atoms with Gasteiger partial charge in [0.25, 0.3) is 5.56 Å². The van der Waals surface area contributed by atoms with E-state index in [1.54, 1.807) is 31.2 Å². The number of ether oxygens (including phenoxy) is 2. The number of fused-ring (bicyclic) bond motifs is 1. The van der Waals surface area contributed by atoms with Crippen LogP contribution >= 0.6 is 0 Å². The second-order valence-corrected chi connectivity index (χ2v) is 6.60. The van der Waals surface area contributed by atoms with Crippen molar-refractivity contribution in [3.8, 4) is 0 Å². The highest BCUT2D eigenvalue weighted by Crippen LogP contribution is 2.44. The molecule has 0 radical (unpaired) electrons. The van der Waals surface area contributed by atoms with Crippen molar-refractivity contribution >= 4 is 11.9 Å². The molecule has 8 nitrogen and oxygen atoms in total. The molecule has 2 aromatic rings. The molecule has 0 spiro atoms. The Kier molecular flexibility index (Phi) is 4.45.